The molecule has 3 fully saturated rings. The molecule has 1 aromatic heterocycles. The van der Waals surface area contributed by atoms with E-state index in [9.17, 15) is 14.4 Å². The number of piperazine rings is 1. The van der Waals surface area contributed by atoms with E-state index in [2.05, 4.69) is 10.2 Å². The number of carbonyl (C=O) groups is 3. The number of benzene rings is 2. The molecule has 2 aromatic carbocycles. The van der Waals surface area contributed by atoms with Gasteiger partial charge in [0, 0.05) is 49.5 Å². The van der Waals surface area contributed by atoms with Crippen LogP contribution in [0.3, 0.4) is 0 Å². The van der Waals surface area contributed by atoms with Crippen LogP contribution in [0.4, 0.5) is 11.4 Å². The predicted molar refractivity (Wildman–Crippen MR) is 158 cm³/mol. The van der Waals surface area contributed by atoms with E-state index in [1.807, 2.05) is 60.4 Å². The van der Waals surface area contributed by atoms with Crippen molar-refractivity contribution in [3.63, 3.8) is 0 Å². The third kappa shape index (κ3) is 5.87. The predicted octanol–water partition coefficient (Wildman–Crippen LogP) is 5.09. The molecule has 2 aliphatic carbocycles. The number of carbonyl (C=O) groups excluding carboxylic acids is 3. The second-order valence-electron chi connectivity index (χ2n) is 11.5. The van der Waals surface area contributed by atoms with E-state index < -0.39 is 6.04 Å². The third-order valence-corrected chi connectivity index (χ3v) is 8.65. The van der Waals surface area contributed by atoms with E-state index in [0.29, 0.717) is 11.6 Å². The van der Waals surface area contributed by atoms with Gasteiger partial charge in [-0.3, -0.25) is 19.3 Å². The van der Waals surface area contributed by atoms with Gasteiger partial charge in [0.25, 0.3) is 5.91 Å². The van der Waals surface area contributed by atoms with Gasteiger partial charge in [0.1, 0.15) is 6.04 Å². The van der Waals surface area contributed by atoms with Gasteiger partial charge in [-0.25, -0.2) is 0 Å². The second kappa shape index (κ2) is 11.8. The van der Waals surface area contributed by atoms with Crippen molar-refractivity contribution in [2.24, 2.45) is 5.92 Å². The van der Waals surface area contributed by atoms with Gasteiger partial charge in [-0.15, -0.1) is 0 Å². The first-order chi connectivity index (χ1) is 20.0. The average Bonchev–Trinajstić information content (AvgIpc) is 3.45. The first kappa shape index (κ1) is 27.1. The summed E-state index contributed by atoms with van der Waals surface area (Å²) in [6.07, 6.45) is 7.62. The molecule has 0 unspecified atom stereocenters. The highest BCUT2D eigenvalue weighted by molar-refractivity contribution is 6.08. The molecule has 6 rings (SSSR count). The fourth-order valence-electron chi connectivity index (χ4n) is 6.14. The Kier molecular flexibility index (Phi) is 7.81. The van der Waals surface area contributed by atoms with Crippen LogP contribution in [0, 0.1) is 12.8 Å². The average molecular weight is 555 g/mol. The highest BCUT2D eigenvalue weighted by Gasteiger charge is 2.37. The van der Waals surface area contributed by atoms with Crippen molar-refractivity contribution in [3.8, 4) is 0 Å². The normalized spacial score (nSPS) is 18.3. The van der Waals surface area contributed by atoms with Gasteiger partial charge in [-0.2, -0.15) is 0 Å². The molecule has 2 heterocycles. The lowest BCUT2D eigenvalue weighted by Gasteiger charge is -2.37. The molecule has 1 aliphatic heterocycles. The summed E-state index contributed by atoms with van der Waals surface area (Å²) >= 11 is 0. The summed E-state index contributed by atoms with van der Waals surface area (Å²) in [6, 6.07) is 18.1. The Morgan fingerprint density at radius 1 is 0.878 bits per heavy atom. The zero-order chi connectivity index (χ0) is 28.3. The van der Waals surface area contributed by atoms with Crippen molar-refractivity contribution in [2.75, 3.05) is 36.0 Å². The van der Waals surface area contributed by atoms with E-state index in [0.717, 1.165) is 81.5 Å². The van der Waals surface area contributed by atoms with Gasteiger partial charge < -0.3 is 19.5 Å². The summed E-state index contributed by atoms with van der Waals surface area (Å²) < 4.78 is 5.53. The lowest BCUT2D eigenvalue weighted by Crippen LogP contribution is -2.49. The molecule has 1 saturated heterocycles. The largest absolute Gasteiger partial charge is 0.459 e. The van der Waals surface area contributed by atoms with E-state index >= 15 is 0 Å². The number of hydrogen-bond acceptors (Lipinski definition) is 5. The summed E-state index contributed by atoms with van der Waals surface area (Å²) in [4.78, 5) is 46.4. The van der Waals surface area contributed by atoms with Crippen molar-refractivity contribution in [1.29, 1.82) is 0 Å². The molecule has 0 radical (unpaired) electrons. The summed E-state index contributed by atoms with van der Waals surface area (Å²) in [5.74, 6) is 0.157. The van der Waals surface area contributed by atoms with Crippen LogP contribution < -0.4 is 15.1 Å². The lowest BCUT2D eigenvalue weighted by molar-refractivity contribution is -0.132. The lowest BCUT2D eigenvalue weighted by atomic mass is 9.97. The number of amides is 3. The van der Waals surface area contributed by atoms with Gasteiger partial charge in [-0.05, 0) is 80.1 Å². The SMILES string of the molecule is Cc1ccccc1[C@@H](C(=O)NC1CCCC1)N(C(=O)c1ccco1)c1ccc(N2CCN(C(=O)C3CC3)CC2)cc1. The van der Waals surface area contributed by atoms with E-state index in [1.54, 1.807) is 17.0 Å². The molecule has 3 aromatic rings. The van der Waals surface area contributed by atoms with Crippen LogP contribution >= 0.6 is 0 Å². The van der Waals surface area contributed by atoms with Crippen molar-refractivity contribution in [2.45, 2.75) is 57.5 Å². The number of furan rings is 1. The number of nitrogens with zero attached hydrogens (tertiary/aromatic N) is 3. The van der Waals surface area contributed by atoms with E-state index in [4.69, 9.17) is 4.42 Å². The topological polar surface area (TPSA) is 86.1 Å². The number of rotatable bonds is 8. The Hall–Kier alpha value is -4.07. The minimum atomic E-state index is -0.864. The highest BCUT2D eigenvalue weighted by Crippen LogP contribution is 2.34. The van der Waals surface area contributed by atoms with Crippen molar-refractivity contribution in [1.82, 2.24) is 10.2 Å². The van der Waals surface area contributed by atoms with Gasteiger partial charge in [0.15, 0.2) is 5.76 Å². The quantitative estimate of drug-likeness (QED) is 0.419. The molecule has 0 spiro atoms. The first-order valence-electron chi connectivity index (χ1n) is 14.9. The highest BCUT2D eigenvalue weighted by atomic mass is 16.3. The number of hydrogen-bond donors (Lipinski definition) is 1. The zero-order valence-electron chi connectivity index (χ0n) is 23.6. The Morgan fingerprint density at radius 3 is 2.22 bits per heavy atom. The van der Waals surface area contributed by atoms with Crippen molar-refractivity contribution < 1.29 is 18.8 Å². The molecule has 8 nitrogen and oxygen atoms in total. The Labute approximate surface area is 241 Å². The molecular formula is C33H38N4O4. The third-order valence-electron chi connectivity index (χ3n) is 8.65. The molecular weight excluding hydrogens is 516 g/mol. The fraction of sp³-hybridized carbons (Fsp3) is 0.424. The molecule has 3 aliphatic rings. The zero-order valence-corrected chi connectivity index (χ0v) is 23.6. The molecule has 0 bridgehead atoms. The first-order valence-corrected chi connectivity index (χ1v) is 14.9. The van der Waals surface area contributed by atoms with Crippen LogP contribution in [0.1, 0.15) is 66.2 Å². The molecule has 1 atom stereocenters. The monoisotopic (exact) mass is 554 g/mol. The van der Waals surface area contributed by atoms with Crippen molar-refractivity contribution >= 4 is 29.1 Å². The maximum Gasteiger partial charge on any atom is 0.294 e. The smallest absolute Gasteiger partial charge is 0.294 e. The van der Waals surface area contributed by atoms with Crippen LogP contribution in [0.5, 0.6) is 0 Å². The van der Waals surface area contributed by atoms with Crippen LogP contribution in [0.2, 0.25) is 0 Å². The molecule has 1 N–H and O–H groups in total. The molecule has 8 heteroatoms. The standard InChI is InChI=1S/C33H38N4O4/c1-23-7-2-5-10-28(23)30(31(38)34-25-8-3-4-9-25)37(33(40)29-11-6-22-41-29)27-16-14-26(15-17-27)35-18-20-36(21-19-35)32(39)24-12-13-24/h2,5-7,10-11,14-17,22,24-25,30H,3-4,8-9,12-13,18-21H2,1H3,(H,34,38)/t30-/m0/s1. The molecule has 3 amide bonds. The van der Waals surface area contributed by atoms with Gasteiger partial charge in [0.2, 0.25) is 11.8 Å². The van der Waals surface area contributed by atoms with Gasteiger partial charge in [-0.1, -0.05) is 37.1 Å². The summed E-state index contributed by atoms with van der Waals surface area (Å²) in [5.41, 5.74) is 3.36. The maximum absolute atomic E-state index is 14.0. The second-order valence-corrected chi connectivity index (χ2v) is 11.5. The van der Waals surface area contributed by atoms with Crippen LogP contribution in [0.25, 0.3) is 0 Å². The number of anilines is 2. The fourth-order valence-corrected chi connectivity index (χ4v) is 6.14. The Morgan fingerprint density at radius 2 is 1.59 bits per heavy atom. The summed E-state index contributed by atoms with van der Waals surface area (Å²) in [6.45, 7) is 4.94. The number of aryl methyl sites for hydroxylation is 1. The minimum absolute atomic E-state index is 0.113. The van der Waals surface area contributed by atoms with Gasteiger partial charge in [0.05, 0.1) is 6.26 Å². The minimum Gasteiger partial charge on any atom is -0.459 e. The van der Waals surface area contributed by atoms with Crippen molar-refractivity contribution in [3.05, 3.63) is 83.8 Å². The number of nitrogens with one attached hydrogen (secondary N) is 1. The van der Waals surface area contributed by atoms with Crippen LogP contribution in [-0.4, -0.2) is 54.8 Å². The van der Waals surface area contributed by atoms with Gasteiger partial charge >= 0.3 is 0 Å². The van der Waals surface area contributed by atoms with E-state index in [-0.39, 0.29) is 29.5 Å². The Balaban J connectivity index is 1.30. The summed E-state index contributed by atoms with van der Waals surface area (Å²) in [5, 5.41) is 3.24. The maximum atomic E-state index is 14.0. The Bertz CT molecular complexity index is 1370. The van der Waals surface area contributed by atoms with Crippen LogP contribution in [0.15, 0.2) is 71.3 Å². The van der Waals surface area contributed by atoms with E-state index in [1.165, 1.54) is 6.26 Å². The van der Waals surface area contributed by atoms with Crippen LogP contribution in [-0.2, 0) is 9.59 Å². The molecule has 41 heavy (non-hydrogen) atoms. The molecule has 214 valence electrons. The summed E-state index contributed by atoms with van der Waals surface area (Å²) in [7, 11) is 0. The molecule has 2 saturated carbocycles.